The number of carbonyl (C=O) groups is 2. The smallest absolute Gasteiger partial charge is 0.263 e. The second-order valence-corrected chi connectivity index (χ2v) is 6.62. The number of likely N-dealkylation sites (tertiary alicyclic amines) is 1. The summed E-state index contributed by atoms with van der Waals surface area (Å²) in [5.74, 6) is 0.332. The van der Waals surface area contributed by atoms with E-state index in [9.17, 15) is 9.59 Å². The normalized spacial score (nSPS) is 16.1. The van der Waals surface area contributed by atoms with Gasteiger partial charge >= 0.3 is 0 Å². The Morgan fingerprint density at radius 3 is 2.83 bits per heavy atom. The van der Waals surface area contributed by atoms with E-state index in [-0.39, 0.29) is 11.8 Å². The summed E-state index contributed by atoms with van der Waals surface area (Å²) in [4.78, 5) is 31.1. The lowest BCUT2D eigenvalue weighted by molar-refractivity contribution is -0.133. The maximum atomic E-state index is 12.3. The highest BCUT2D eigenvalue weighted by atomic mass is 32.1. The molecule has 2 aromatic rings. The van der Waals surface area contributed by atoms with Crippen LogP contribution in [0.2, 0.25) is 0 Å². The fourth-order valence-electron chi connectivity index (χ4n) is 2.61. The molecule has 0 bridgehead atoms. The lowest BCUT2D eigenvalue weighted by atomic mass is 10.1. The van der Waals surface area contributed by atoms with Crippen LogP contribution >= 0.6 is 11.3 Å². The molecule has 1 aliphatic rings. The molecule has 1 N–H and O–H groups in total. The second kappa shape index (κ2) is 6.95. The molecule has 122 valence electrons. The first-order valence-electron chi connectivity index (χ1n) is 7.74. The first kappa shape index (κ1) is 15.7. The van der Waals surface area contributed by atoms with Gasteiger partial charge in [0.1, 0.15) is 10.9 Å². The van der Waals surface area contributed by atoms with Gasteiger partial charge in [-0.05, 0) is 38.3 Å². The number of hydrogen-bond acceptors (Lipinski definition) is 5. The molecule has 1 fully saturated rings. The minimum Gasteiger partial charge on any atom is -0.462 e. The fraction of sp³-hybridized carbons (Fsp3) is 0.438. The van der Waals surface area contributed by atoms with Crippen molar-refractivity contribution in [2.75, 3.05) is 13.1 Å². The molecule has 23 heavy (non-hydrogen) atoms. The fourth-order valence-corrected chi connectivity index (χ4v) is 3.40. The molecule has 3 rings (SSSR count). The zero-order chi connectivity index (χ0) is 16.2. The molecule has 0 aliphatic carbocycles. The van der Waals surface area contributed by atoms with Gasteiger partial charge in [-0.25, -0.2) is 4.98 Å². The van der Waals surface area contributed by atoms with Crippen molar-refractivity contribution in [2.24, 2.45) is 0 Å². The molecule has 3 heterocycles. The molecule has 6 nitrogen and oxygen atoms in total. The number of rotatable bonds is 4. The van der Waals surface area contributed by atoms with Gasteiger partial charge in [0.05, 0.1) is 12.5 Å². The highest BCUT2D eigenvalue weighted by Gasteiger charge is 2.24. The van der Waals surface area contributed by atoms with Gasteiger partial charge in [-0.1, -0.05) is 0 Å². The van der Waals surface area contributed by atoms with Crippen molar-refractivity contribution in [3.8, 4) is 10.8 Å². The van der Waals surface area contributed by atoms with E-state index in [1.54, 1.807) is 25.3 Å². The van der Waals surface area contributed by atoms with Crippen LogP contribution in [0.4, 0.5) is 0 Å². The standard InChI is InChI=1S/C16H19N3O3S/c1-11(16(21)19-7-3-2-4-8-19)18-14(20)13-10-17-15(23-13)12-6-5-9-22-12/h5-6,9-11H,2-4,7-8H2,1H3,(H,18,20). The Balaban J connectivity index is 1.61. The summed E-state index contributed by atoms with van der Waals surface area (Å²) in [6.45, 7) is 3.29. The molecule has 1 saturated heterocycles. The summed E-state index contributed by atoms with van der Waals surface area (Å²) in [6, 6.07) is 3.04. The van der Waals surface area contributed by atoms with E-state index in [1.807, 2.05) is 4.90 Å². The molecule has 0 radical (unpaired) electrons. The Kier molecular flexibility index (Phi) is 4.76. The van der Waals surface area contributed by atoms with E-state index < -0.39 is 6.04 Å². The van der Waals surface area contributed by atoms with Crippen molar-refractivity contribution in [3.05, 3.63) is 29.5 Å². The quantitative estimate of drug-likeness (QED) is 0.933. The maximum Gasteiger partial charge on any atom is 0.263 e. The Morgan fingerprint density at radius 1 is 1.35 bits per heavy atom. The maximum absolute atomic E-state index is 12.3. The lowest BCUT2D eigenvalue weighted by Crippen LogP contribution is -2.48. The van der Waals surface area contributed by atoms with Gasteiger partial charge in [0, 0.05) is 13.1 Å². The van der Waals surface area contributed by atoms with Crippen molar-refractivity contribution in [1.29, 1.82) is 0 Å². The zero-order valence-corrected chi connectivity index (χ0v) is 13.8. The van der Waals surface area contributed by atoms with Crippen LogP contribution in [0, 0.1) is 0 Å². The minimum absolute atomic E-state index is 0.0196. The number of amides is 2. The van der Waals surface area contributed by atoms with Gasteiger partial charge in [0.15, 0.2) is 10.8 Å². The predicted molar refractivity (Wildman–Crippen MR) is 87.2 cm³/mol. The lowest BCUT2D eigenvalue weighted by Gasteiger charge is -2.29. The van der Waals surface area contributed by atoms with Crippen LogP contribution in [0.3, 0.4) is 0 Å². The Morgan fingerprint density at radius 2 is 2.13 bits per heavy atom. The van der Waals surface area contributed by atoms with E-state index in [2.05, 4.69) is 10.3 Å². The zero-order valence-electron chi connectivity index (χ0n) is 12.9. The number of aromatic nitrogens is 1. The molecule has 1 aliphatic heterocycles. The molecule has 2 aromatic heterocycles. The highest BCUT2D eigenvalue weighted by molar-refractivity contribution is 7.16. The Bertz CT molecular complexity index is 675. The van der Waals surface area contributed by atoms with Crippen LogP contribution < -0.4 is 5.32 Å². The average Bonchev–Trinajstić information content (AvgIpc) is 3.25. The monoisotopic (exact) mass is 333 g/mol. The molecule has 0 spiro atoms. The molecule has 0 aromatic carbocycles. The first-order chi connectivity index (χ1) is 11.1. The molecule has 1 atom stereocenters. The number of furan rings is 1. The van der Waals surface area contributed by atoms with Gasteiger partial charge in [-0.3, -0.25) is 9.59 Å². The number of piperidine rings is 1. The summed E-state index contributed by atoms with van der Waals surface area (Å²) in [7, 11) is 0. The first-order valence-corrected chi connectivity index (χ1v) is 8.56. The highest BCUT2D eigenvalue weighted by Crippen LogP contribution is 2.25. The predicted octanol–water partition coefficient (Wildman–Crippen LogP) is 2.53. The van der Waals surface area contributed by atoms with Gasteiger partial charge in [0.2, 0.25) is 5.91 Å². The van der Waals surface area contributed by atoms with Crippen molar-refractivity contribution < 1.29 is 14.0 Å². The third kappa shape index (κ3) is 3.61. The SMILES string of the molecule is CC(NC(=O)c1cnc(-c2ccco2)s1)C(=O)N1CCCCC1. The van der Waals surface area contributed by atoms with Crippen LogP contribution in [-0.4, -0.2) is 40.8 Å². The van der Waals surface area contributed by atoms with Crippen LogP contribution in [0.15, 0.2) is 29.0 Å². The van der Waals surface area contributed by atoms with Crippen molar-refractivity contribution in [3.63, 3.8) is 0 Å². The van der Waals surface area contributed by atoms with E-state index in [0.29, 0.717) is 15.6 Å². The van der Waals surface area contributed by atoms with Crippen LogP contribution in [0.5, 0.6) is 0 Å². The van der Waals surface area contributed by atoms with Crippen LogP contribution in [0.25, 0.3) is 10.8 Å². The average molecular weight is 333 g/mol. The van der Waals surface area contributed by atoms with E-state index in [1.165, 1.54) is 24.0 Å². The Labute approximate surface area is 138 Å². The molecule has 0 saturated carbocycles. The van der Waals surface area contributed by atoms with E-state index >= 15 is 0 Å². The third-order valence-corrected chi connectivity index (χ3v) is 4.86. The summed E-state index contributed by atoms with van der Waals surface area (Å²) in [6.07, 6.45) is 6.31. The number of hydrogen-bond donors (Lipinski definition) is 1. The minimum atomic E-state index is -0.533. The summed E-state index contributed by atoms with van der Waals surface area (Å²) < 4.78 is 5.27. The van der Waals surface area contributed by atoms with Crippen molar-refractivity contribution in [1.82, 2.24) is 15.2 Å². The number of thiazole rings is 1. The summed E-state index contributed by atoms with van der Waals surface area (Å²) >= 11 is 1.25. The molecule has 1 unspecified atom stereocenters. The van der Waals surface area contributed by atoms with Gasteiger partial charge in [-0.2, -0.15) is 0 Å². The van der Waals surface area contributed by atoms with E-state index in [4.69, 9.17) is 4.42 Å². The topological polar surface area (TPSA) is 75.4 Å². The van der Waals surface area contributed by atoms with Crippen LogP contribution in [-0.2, 0) is 4.79 Å². The third-order valence-electron chi connectivity index (χ3n) is 3.85. The Hall–Kier alpha value is -2.15. The number of nitrogens with zero attached hydrogens (tertiary/aromatic N) is 2. The largest absolute Gasteiger partial charge is 0.462 e. The van der Waals surface area contributed by atoms with Gasteiger partial charge in [-0.15, -0.1) is 11.3 Å². The summed E-state index contributed by atoms with van der Waals surface area (Å²) in [5.41, 5.74) is 0. The van der Waals surface area contributed by atoms with Crippen LogP contribution in [0.1, 0.15) is 35.9 Å². The van der Waals surface area contributed by atoms with Crippen molar-refractivity contribution >= 4 is 23.2 Å². The number of carbonyl (C=O) groups excluding carboxylic acids is 2. The number of nitrogens with one attached hydrogen (secondary N) is 1. The molecule has 7 heteroatoms. The molecule has 2 amide bonds. The molecular formula is C16H19N3O3S. The van der Waals surface area contributed by atoms with Gasteiger partial charge < -0.3 is 14.6 Å². The summed E-state index contributed by atoms with van der Waals surface area (Å²) in [5, 5.41) is 3.41. The van der Waals surface area contributed by atoms with Gasteiger partial charge in [0.25, 0.3) is 5.91 Å². The van der Waals surface area contributed by atoms with E-state index in [0.717, 1.165) is 25.9 Å². The molecular weight excluding hydrogens is 314 g/mol. The van der Waals surface area contributed by atoms with Crippen molar-refractivity contribution in [2.45, 2.75) is 32.2 Å². The second-order valence-electron chi connectivity index (χ2n) is 5.59.